The number of hydrogen-bond acceptors (Lipinski definition) is 5. The van der Waals surface area contributed by atoms with Crippen molar-refractivity contribution in [3.05, 3.63) is 98.2 Å². The van der Waals surface area contributed by atoms with E-state index in [4.69, 9.17) is 16.0 Å². The number of amides is 1. The zero-order valence-electron chi connectivity index (χ0n) is 16.1. The van der Waals surface area contributed by atoms with E-state index in [1.807, 2.05) is 30.3 Å². The fourth-order valence-electron chi connectivity index (χ4n) is 3.52. The first-order valence-electron chi connectivity index (χ1n) is 9.37. The van der Waals surface area contributed by atoms with Gasteiger partial charge in [0.25, 0.3) is 11.6 Å². The number of carbonyl (C=O) groups is 1. The predicted octanol–water partition coefficient (Wildman–Crippen LogP) is 7.71. The molecule has 0 saturated carbocycles. The molecule has 0 unspecified atom stereocenters. The first-order valence-corrected chi connectivity index (χ1v) is 11.4. The molecule has 1 aliphatic heterocycles. The van der Waals surface area contributed by atoms with Crippen molar-refractivity contribution in [1.82, 2.24) is 0 Å². The van der Waals surface area contributed by atoms with E-state index in [2.05, 4.69) is 15.9 Å². The van der Waals surface area contributed by atoms with Crippen molar-refractivity contribution in [2.45, 2.75) is 9.79 Å². The van der Waals surface area contributed by atoms with Crippen LogP contribution < -0.4 is 4.90 Å². The molecule has 32 heavy (non-hydrogen) atoms. The van der Waals surface area contributed by atoms with Crippen LogP contribution in [0.3, 0.4) is 0 Å². The molecule has 0 fully saturated rings. The molecule has 0 bridgehead atoms. The molecule has 0 atom stereocenters. The highest BCUT2D eigenvalue weighted by molar-refractivity contribution is 9.10. The van der Waals surface area contributed by atoms with Gasteiger partial charge in [0.1, 0.15) is 5.76 Å². The zero-order chi connectivity index (χ0) is 22.4. The molecule has 1 aromatic heterocycles. The van der Waals surface area contributed by atoms with Gasteiger partial charge in [-0.25, -0.2) is 0 Å². The molecule has 0 saturated heterocycles. The maximum atomic E-state index is 13.6. The topological polar surface area (TPSA) is 76.6 Å². The molecule has 0 spiro atoms. The molecule has 158 valence electrons. The summed E-state index contributed by atoms with van der Waals surface area (Å²) in [7, 11) is 0. The van der Waals surface area contributed by atoms with Gasteiger partial charge in [0.15, 0.2) is 5.76 Å². The Labute approximate surface area is 200 Å². The van der Waals surface area contributed by atoms with E-state index in [-0.39, 0.29) is 22.8 Å². The van der Waals surface area contributed by atoms with Crippen LogP contribution in [-0.2, 0) is 0 Å². The van der Waals surface area contributed by atoms with E-state index in [9.17, 15) is 14.9 Å². The van der Waals surface area contributed by atoms with Gasteiger partial charge in [-0.1, -0.05) is 51.4 Å². The van der Waals surface area contributed by atoms with Crippen LogP contribution in [0, 0.1) is 10.1 Å². The number of rotatable bonds is 3. The van der Waals surface area contributed by atoms with Gasteiger partial charge in [-0.2, -0.15) is 0 Å². The number of nitro benzene ring substituents is 1. The molecule has 3 aromatic carbocycles. The molecule has 0 radical (unpaired) electrons. The van der Waals surface area contributed by atoms with Gasteiger partial charge in [0, 0.05) is 25.4 Å². The van der Waals surface area contributed by atoms with Crippen molar-refractivity contribution in [3.8, 4) is 11.3 Å². The third-order valence-corrected chi connectivity index (χ3v) is 6.79. The standard InChI is InChI=1S/C23H12BrClN2O4S/c24-13-5-7-15(17(11-13)27(29)30)19-8-9-20(31-19)23(28)26-16-3-1-2-4-21(16)32-22-10-6-14(25)12-18(22)26/h1-12H. The first-order chi connectivity index (χ1) is 15.4. The normalized spacial score (nSPS) is 12.2. The Kier molecular flexibility index (Phi) is 5.28. The maximum absolute atomic E-state index is 13.6. The van der Waals surface area contributed by atoms with Crippen molar-refractivity contribution in [1.29, 1.82) is 0 Å². The minimum Gasteiger partial charge on any atom is -0.451 e. The Morgan fingerprint density at radius 1 is 1.00 bits per heavy atom. The molecule has 5 rings (SSSR count). The molecular formula is C23H12BrClN2O4S. The van der Waals surface area contributed by atoms with Crippen LogP contribution in [0.1, 0.15) is 10.6 Å². The third kappa shape index (κ3) is 3.60. The molecular weight excluding hydrogens is 516 g/mol. The Bertz CT molecular complexity index is 1400. The second kappa shape index (κ2) is 8.12. The monoisotopic (exact) mass is 526 g/mol. The van der Waals surface area contributed by atoms with Crippen LogP contribution in [0.5, 0.6) is 0 Å². The fraction of sp³-hybridized carbons (Fsp3) is 0. The number of benzene rings is 3. The van der Waals surface area contributed by atoms with E-state index in [1.165, 1.54) is 12.1 Å². The minimum absolute atomic E-state index is 0.0600. The number of nitrogens with zero attached hydrogens (tertiary/aromatic N) is 2. The van der Waals surface area contributed by atoms with Gasteiger partial charge in [0.2, 0.25) is 0 Å². The fourth-order valence-corrected chi connectivity index (χ4v) is 5.07. The largest absolute Gasteiger partial charge is 0.451 e. The molecule has 2 heterocycles. The van der Waals surface area contributed by atoms with Gasteiger partial charge in [-0.15, -0.1) is 0 Å². The van der Waals surface area contributed by atoms with Gasteiger partial charge in [0.05, 0.1) is 21.9 Å². The average molecular weight is 528 g/mol. The molecule has 0 aliphatic carbocycles. The lowest BCUT2D eigenvalue weighted by molar-refractivity contribution is -0.384. The van der Waals surface area contributed by atoms with Crippen molar-refractivity contribution in [2.24, 2.45) is 0 Å². The van der Waals surface area contributed by atoms with E-state index in [1.54, 1.807) is 47.0 Å². The van der Waals surface area contributed by atoms with Crippen LogP contribution in [0.4, 0.5) is 17.1 Å². The van der Waals surface area contributed by atoms with E-state index < -0.39 is 10.8 Å². The number of para-hydroxylation sites is 1. The van der Waals surface area contributed by atoms with Crippen LogP contribution in [0.25, 0.3) is 11.3 Å². The number of nitro groups is 1. The van der Waals surface area contributed by atoms with E-state index >= 15 is 0 Å². The van der Waals surface area contributed by atoms with Crippen LogP contribution >= 0.6 is 39.3 Å². The average Bonchev–Trinajstić information content (AvgIpc) is 3.27. The van der Waals surface area contributed by atoms with Crippen molar-refractivity contribution < 1.29 is 14.1 Å². The number of halogens is 2. The highest BCUT2D eigenvalue weighted by atomic mass is 79.9. The van der Waals surface area contributed by atoms with Gasteiger partial charge in [-0.3, -0.25) is 19.8 Å². The highest BCUT2D eigenvalue weighted by Crippen LogP contribution is 2.49. The third-order valence-electron chi connectivity index (χ3n) is 4.93. The number of furan rings is 1. The number of anilines is 2. The van der Waals surface area contributed by atoms with Crippen molar-refractivity contribution in [2.75, 3.05) is 4.90 Å². The SMILES string of the molecule is O=C(c1ccc(-c2ccc(Br)cc2[N+](=O)[O-])o1)N1c2ccccc2Sc2ccc(Cl)cc21. The van der Waals surface area contributed by atoms with Gasteiger partial charge >= 0.3 is 0 Å². The molecule has 4 aromatic rings. The van der Waals surface area contributed by atoms with Crippen LogP contribution in [0.15, 0.2) is 91.5 Å². The lowest BCUT2D eigenvalue weighted by Crippen LogP contribution is -2.28. The van der Waals surface area contributed by atoms with Crippen molar-refractivity contribution in [3.63, 3.8) is 0 Å². The summed E-state index contributed by atoms with van der Waals surface area (Å²) in [5.74, 6) is -0.101. The Hall–Kier alpha value is -3.07. The Balaban J connectivity index is 1.60. The second-order valence-electron chi connectivity index (χ2n) is 6.90. The van der Waals surface area contributed by atoms with Gasteiger partial charge < -0.3 is 4.42 Å². The summed E-state index contributed by atoms with van der Waals surface area (Å²) in [6.45, 7) is 0. The molecule has 1 amide bonds. The predicted molar refractivity (Wildman–Crippen MR) is 127 cm³/mol. The summed E-state index contributed by atoms with van der Waals surface area (Å²) in [6.07, 6.45) is 0. The molecule has 9 heteroatoms. The summed E-state index contributed by atoms with van der Waals surface area (Å²) >= 11 is 11.0. The smallest absolute Gasteiger partial charge is 0.298 e. The lowest BCUT2D eigenvalue weighted by atomic mass is 10.1. The van der Waals surface area contributed by atoms with Crippen molar-refractivity contribution >= 4 is 62.3 Å². The first kappa shape index (κ1) is 20.8. The summed E-state index contributed by atoms with van der Waals surface area (Å²) in [6, 6.07) is 20.7. The quantitative estimate of drug-likeness (QED) is 0.201. The second-order valence-corrected chi connectivity index (χ2v) is 9.34. The lowest BCUT2D eigenvalue weighted by Gasteiger charge is -2.30. The van der Waals surface area contributed by atoms with Crippen LogP contribution in [-0.4, -0.2) is 10.8 Å². The summed E-state index contributed by atoms with van der Waals surface area (Å²) in [4.78, 5) is 28.0. The molecule has 0 N–H and O–H groups in total. The molecule has 6 nitrogen and oxygen atoms in total. The highest BCUT2D eigenvalue weighted by Gasteiger charge is 2.31. The Morgan fingerprint density at radius 3 is 2.59 bits per heavy atom. The summed E-state index contributed by atoms with van der Waals surface area (Å²) in [5, 5.41) is 12.0. The molecule has 1 aliphatic rings. The van der Waals surface area contributed by atoms with Crippen LogP contribution in [0.2, 0.25) is 5.02 Å². The number of hydrogen-bond donors (Lipinski definition) is 0. The van der Waals surface area contributed by atoms with E-state index in [0.29, 0.717) is 20.9 Å². The van der Waals surface area contributed by atoms with E-state index in [0.717, 1.165) is 9.79 Å². The zero-order valence-corrected chi connectivity index (χ0v) is 19.3. The number of fused-ring (bicyclic) bond motifs is 2. The maximum Gasteiger partial charge on any atom is 0.298 e. The minimum atomic E-state index is -0.486. The van der Waals surface area contributed by atoms with Gasteiger partial charge in [-0.05, 0) is 54.6 Å². The number of carbonyl (C=O) groups excluding carboxylic acids is 1. The Morgan fingerprint density at radius 2 is 1.78 bits per heavy atom. The summed E-state index contributed by atoms with van der Waals surface area (Å²) in [5.41, 5.74) is 1.53. The summed E-state index contributed by atoms with van der Waals surface area (Å²) < 4.78 is 6.40.